The van der Waals surface area contributed by atoms with E-state index < -0.39 is 0 Å². The summed E-state index contributed by atoms with van der Waals surface area (Å²) in [6, 6.07) is 5.60. The Morgan fingerprint density at radius 3 is 2.77 bits per heavy atom. The summed E-state index contributed by atoms with van der Waals surface area (Å²) < 4.78 is 10.1. The van der Waals surface area contributed by atoms with Crippen LogP contribution in [0.25, 0.3) is 0 Å². The van der Waals surface area contributed by atoms with Crippen LogP contribution in [0.1, 0.15) is 27.0 Å². The molecule has 7 heteroatoms. The Morgan fingerprint density at radius 1 is 1.23 bits per heavy atom. The van der Waals surface area contributed by atoms with Crippen molar-refractivity contribution in [3.05, 3.63) is 52.8 Å². The molecule has 0 bridgehead atoms. The van der Waals surface area contributed by atoms with Crippen molar-refractivity contribution in [3.8, 4) is 5.75 Å². The van der Waals surface area contributed by atoms with Gasteiger partial charge < -0.3 is 19.7 Å². The maximum Gasteiger partial charge on any atom is 0.409 e. The second kappa shape index (κ2) is 7.43. The first kappa shape index (κ1) is 17.7. The van der Waals surface area contributed by atoms with Gasteiger partial charge in [-0.15, -0.1) is 0 Å². The van der Waals surface area contributed by atoms with Crippen molar-refractivity contribution in [1.29, 1.82) is 0 Å². The molecule has 0 saturated carbocycles. The Bertz CT molecular complexity index is 851. The van der Waals surface area contributed by atoms with Gasteiger partial charge in [0.15, 0.2) is 0 Å². The monoisotopic (exact) mass is 355 g/mol. The van der Waals surface area contributed by atoms with Gasteiger partial charge in [0.1, 0.15) is 5.75 Å². The third-order valence-corrected chi connectivity index (χ3v) is 4.42. The third kappa shape index (κ3) is 3.46. The number of pyridine rings is 1. The topological polar surface area (TPSA) is 80.8 Å². The number of nitrogens with zero attached hydrogens (tertiary/aromatic N) is 2. The number of aryl methyl sites for hydroxylation is 1. The zero-order valence-corrected chi connectivity index (χ0v) is 15.0. The van der Waals surface area contributed by atoms with Crippen LogP contribution in [0.2, 0.25) is 0 Å². The number of benzene rings is 1. The Balaban J connectivity index is 1.86. The number of rotatable bonds is 3. The molecule has 1 aromatic heterocycles. The molecule has 0 saturated heterocycles. The predicted molar refractivity (Wildman–Crippen MR) is 96.4 cm³/mol. The van der Waals surface area contributed by atoms with Crippen molar-refractivity contribution in [2.24, 2.45) is 0 Å². The van der Waals surface area contributed by atoms with E-state index in [9.17, 15) is 9.59 Å². The summed E-state index contributed by atoms with van der Waals surface area (Å²) in [7, 11) is 2.92. The molecule has 2 aromatic rings. The zero-order chi connectivity index (χ0) is 18.7. The third-order valence-electron chi connectivity index (χ3n) is 4.42. The molecule has 1 aliphatic heterocycles. The lowest BCUT2D eigenvalue weighted by Gasteiger charge is -2.28. The molecule has 26 heavy (non-hydrogen) atoms. The van der Waals surface area contributed by atoms with Crippen LogP contribution in [0.3, 0.4) is 0 Å². The Kier molecular flexibility index (Phi) is 5.06. The number of carbonyl (C=O) groups is 2. The standard InChI is InChI=1S/C19H21N3O4/c1-12-4-5-17(25-2)16(8-12)21-18(23)15-10-20-9-13-11-22(19(24)26-3)7-6-14(13)15/h4-5,8-10H,6-7,11H2,1-3H3,(H,21,23). The molecule has 136 valence electrons. The molecule has 1 aliphatic rings. The van der Waals surface area contributed by atoms with Crippen LogP contribution >= 0.6 is 0 Å². The van der Waals surface area contributed by atoms with Crippen LogP contribution in [-0.4, -0.2) is 42.6 Å². The predicted octanol–water partition coefficient (Wildman–Crippen LogP) is 2.78. The fourth-order valence-electron chi connectivity index (χ4n) is 3.08. The Hall–Kier alpha value is -3.09. The number of anilines is 1. The van der Waals surface area contributed by atoms with Crippen molar-refractivity contribution in [1.82, 2.24) is 9.88 Å². The largest absolute Gasteiger partial charge is 0.495 e. The first-order valence-electron chi connectivity index (χ1n) is 8.28. The van der Waals surface area contributed by atoms with Crippen molar-refractivity contribution >= 4 is 17.7 Å². The zero-order valence-electron chi connectivity index (χ0n) is 15.0. The van der Waals surface area contributed by atoms with E-state index in [-0.39, 0.29) is 12.0 Å². The van der Waals surface area contributed by atoms with E-state index in [0.717, 1.165) is 16.7 Å². The van der Waals surface area contributed by atoms with E-state index in [1.807, 2.05) is 25.1 Å². The molecule has 1 N–H and O–H groups in total. The molecule has 0 atom stereocenters. The first-order valence-corrected chi connectivity index (χ1v) is 8.28. The lowest BCUT2D eigenvalue weighted by molar-refractivity contribution is 0.102. The second-order valence-corrected chi connectivity index (χ2v) is 6.12. The van der Waals surface area contributed by atoms with E-state index in [1.165, 1.54) is 7.11 Å². The van der Waals surface area contributed by atoms with E-state index in [1.54, 1.807) is 24.4 Å². The van der Waals surface area contributed by atoms with Gasteiger partial charge in [-0.25, -0.2) is 4.79 Å². The maximum absolute atomic E-state index is 12.8. The quantitative estimate of drug-likeness (QED) is 0.916. The van der Waals surface area contributed by atoms with Crippen molar-refractivity contribution in [2.45, 2.75) is 19.9 Å². The highest BCUT2D eigenvalue weighted by Crippen LogP contribution is 2.27. The number of amides is 2. The van der Waals surface area contributed by atoms with Gasteiger partial charge in [0.25, 0.3) is 5.91 Å². The van der Waals surface area contributed by atoms with E-state index >= 15 is 0 Å². The van der Waals surface area contributed by atoms with E-state index in [4.69, 9.17) is 9.47 Å². The van der Waals surface area contributed by atoms with E-state index in [2.05, 4.69) is 10.3 Å². The molecule has 1 aromatic carbocycles. The molecule has 2 heterocycles. The fourth-order valence-corrected chi connectivity index (χ4v) is 3.08. The number of aromatic nitrogens is 1. The number of nitrogens with one attached hydrogen (secondary N) is 1. The highest BCUT2D eigenvalue weighted by atomic mass is 16.5. The SMILES string of the molecule is COC(=O)N1CCc2c(cncc2C(=O)Nc2cc(C)ccc2OC)C1. The number of fused-ring (bicyclic) bond motifs is 1. The molecule has 7 nitrogen and oxygen atoms in total. The van der Waals surface area contributed by atoms with Gasteiger partial charge in [0.05, 0.1) is 32.0 Å². The molecule has 0 fully saturated rings. The summed E-state index contributed by atoms with van der Waals surface area (Å²) in [5, 5.41) is 2.90. The lowest BCUT2D eigenvalue weighted by atomic mass is 9.97. The van der Waals surface area contributed by atoms with Gasteiger partial charge in [0, 0.05) is 18.9 Å². The van der Waals surface area contributed by atoms with Crippen molar-refractivity contribution in [3.63, 3.8) is 0 Å². The highest BCUT2D eigenvalue weighted by molar-refractivity contribution is 6.06. The van der Waals surface area contributed by atoms with Crippen LogP contribution in [0.15, 0.2) is 30.6 Å². The number of hydrogen-bond donors (Lipinski definition) is 1. The van der Waals surface area contributed by atoms with Gasteiger partial charge in [-0.05, 0) is 42.2 Å². The van der Waals surface area contributed by atoms with Crippen molar-refractivity contribution in [2.75, 3.05) is 26.1 Å². The van der Waals surface area contributed by atoms with Crippen LogP contribution in [-0.2, 0) is 17.7 Å². The molecular weight excluding hydrogens is 334 g/mol. The van der Waals surface area contributed by atoms with Crippen LogP contribution in [0, 0.1) is 6.92 Å². The smallest absolute Gasteiger partial charge is 0.409 e. The Labute approximate surface area is 151 Å². The first-order chi connectivity index (χ1) is 12.5. The van der Waals surface area contributed by atoms with Gasteiger partial charge in [-0.1, -0.05) is 6.07 Å². The summed E-state index contributed by atoms with van der Waals surface area (Å²) in [6.07, 6.45) is 3.44. The van der Waals surface area contributed by atoms with Gasteiger partial charge in [0.2, 0.25) is 0 Å². The van der Waals surface area contributed by atoms with Crippen LogP contribution in [0.5, 0.6) is 5.75 Å². The maximum atomic E-state index is 12.8. The second-order valence-electron chi connectivity index (χ2n) is 6.12. The lowest BCUT2D eigenvalue weighted by Crippen LogP contribution is -2.36. The average Bonchev–Trinajstić information content (AvgIpc) is 2.66. The molecule has 2 amide bonds. The van der Waals surface area contributed by atoms with Crippen LogP contribution in [0.4, 0.5) is 10.5 Å². The summed E-state index contributed by atoms with van der Waals surface area (Å²) in [6.45, 7) is 2.82. The minimum atomic E-state index is -0.380. The number of methoxy groups -OCH3 is 2. The minimum absolute atomic E-state index is 0.246. The normalized spacial score (nSPS) is 13.0. The van der Waals surface area contributed by atoms with Crippen molar-refractivity contribution < 1.29 is 19.1 Å². The molecule has 0 aliphatic carbocycles. The van der Waals surface area contributed by atoms with Gasteiger partial charge in [-0.3, -0.25) is 9.78 Å². The Morgan fingerprint density at radius 2 is 2.04 bits per heavy atom. The molecular formula is C19H21N3O4. The number of hydrogen-bond acceptors (Lipinski definition) is 5. The summed E-state index contributed by atoms with van der Waals surface area (Å²) >= 11 is 0. The highest BCUT2D eigenvalue weighted by Gasteiger charge is 2.25. The summed E-state index contributed by atoms with van der Waals surface area (Å²) in [5.74, 6) is 0.350. The number of carbonyl (C=O) groups excluding carboxylic acids is 2. The van der Waals surface area contributed by atoms with Crippen LogP contribution < -0.4 is 10.1 Å². The molecule has 3 rings (SSSR count). The molecule has 0 radical (unpaired) electrons. The molecule has 0 unspecified atom stereocenters. The van der Waals surface area contributed by atoms with E-state index in [0.29, 0.717) is 36.5 Å². The van der Waals surface area contributed by atoms with Gasteiger partial charge >= 0.3 is 6.09 Å². The minimum Gasteiger partial charge on any atom is -0.495 e. The fraction of sp³-hybridized carbons (Fsp3) is 0.316. The van der Waals surface area contributed by atoms with Gasteiger partial charge in [-0.2, -0.15) is 0 Å². The number of ether oxygens (including phenoxy) is 2. The summed E-state index contributed by atoms with van der Waals surface area (Å²) in [4.78, 5) is 30.3. The molecule has 0 spiro atoms. The average molecular weight is 355 g/mol. The summed E-state index contributed by atoms with van der Waals surface area (Å²) in [5.41, 5.74) is 3.90.